The number of nitrogen functional groups attached to an aromatic ring is 1. The second kappa shape index (κ2) is 9.45. The van der Waals surface area contributed by atoms with Gasteiger partial charge in [-0.25, -0.2) is 0 Å². The molecule has 1 rings (SSSR count). The van der Waals surface area contributed by atoms with Gasteiger partial charge in [0.05, 0.1) is 0 Å². The lowest BCUT2D eigenvalue weighted by Gasteiger charge is -2.14. The second-order valence-electron chi connectivity index (χ2n) is 5.25. The fraction of sp³-hybridized carbons (Fsp3) is 0.438. The van der Waals surface area contributed by atoms with Crippen molar-refractivity contribution in [2.24, 2.45) is 5.73 Å². The lowest BCUT2D eigenvalue weighted by atomic mass is 10.1. The number of carbonyl (C=O) groups excluding carboxylic acids is 3. The molecular weight excluding hydrogens is 296 g/mol. The Hall–Kier alpha value is -2.57. The summed E-state index contributed by atoms with van der Waals surface area (Å²) in [4.78, 5) is 34.4. The Morgan fingerprint density at radius 2 is 1.78 bits per heavy atom. The summed E-state index contributed by atoms with van der Waals surface area (Å²) in [5.41, 5.74) is 12.0. The Morgan fingerprint density at radius 1 is 1.13 bits per heavy atom. The first-order valence-corrected chi connectivity index (χ1v) is 7.66. The number of benzene rings is 1. The third-order valence-corrected chi connectivity index (χ3v) is 3.38. The molecule has 0 bridgehead atoms. The van der Waals surface area contributed by atoms with Gasteiger partial charge in [0.25, 0.3) is 5.91 Å². The van der Waals surface area contributed by atoms with E-state index in [-0.39, 0.29) is 11.8 Å². The maximum absolute atomic E-state index is 11.9. The number of hydrogen-bond donors (Lipinski definition) is 4. The van der Waals surface area contributed by atoms with Crippen LogP contribution < -0.4 is 22.1 Å². The van der Waals surface area contributed by atoms with E-state index in [9.17, 15) is 14.4 Å². The Labute approximate surface area is 135 Å². The molecule has 0 saturated carbocycles. The van der Waals surface area contributed by atoms with Gasteiger partial charge in [0.2, 0.25) is 11.8 Å². The van der Waals surface area contributed by atoms with E-state index >= 15 is 0 Å². The zero-order chi connectivity index (χ0) is 17.2. The van der Waals surface area contributed by atoms with E-state index in [0.29, 0.717) is 43.5 Å². The first-order chi connectivity index (χ1) is 10.9. The number of hydrogen-bond acceptors (Lipinski definition) is 4. The van der Waals surface area contributed by atoms with E-state index in [1.54, 1.807) is 31.2 Å². The smallest absolute Gasteiger partial charge is 0.251 e. The summed E-state index contributed by atoms with van der Waals surface area (Å²) in [6.45, 7) is 2.19. The molecule has 7 heteroatoms. The molecule has 3 amide bonds. The summed E-state index contributed by atoms with van der Waals surface area (Å²) in [6, 6.07) is 6.00. The first-order valence-electron chi connectivity index (χ1n) is 7.66. The van der Waals surface area contributed by atoms with E-state index in [0.717, 1.165) is 0 Å². The van der Waals surface area contributed by atoms with Gasteiger partial charge in [0.1, 0.15) is 6.04 Å². The van der Waals surface area contributed by atoms with Crippen molar-refractivity contribution in [1.82, 2.24) is 10.6 Å². The number of primary amides is 1. The van der Waals surface area contributed by atoms with Crippen molar-refractivity contribution in [2.75, 3.05) is 12.3 Å². The molecule has 1 aromatic carbocycles. The fourth-order valence-electron chi connectivity index (χ4n) is 1.99. The van der Waals surface area contributed by atoms with Crippen molar-refractivity contribution in [3.63, 3.8) is 0 Å². The van der Waals surface area contributed by atoms with E-state index in [1.807, 2.05) is 0 Å². The Balaban J connectivity index is 2.28. The molecule has 0 heterocycles. The van der Waals surface area contributed by atoms with Gasteiger partial charge in [-0.3, -0.25) is 14.4 Å². The van der Waals surface area contributed by atoms with Crippen LogP contribution in [-0.2, 0) is 9.59 Å². The number of rotatable bonds is 9. The van der Waals surface area contributed by atoms with Gasteiger partial charge in [-0.05, 0) is 43.5 Å². The Morgan fingerprint density at radius 3 is 2.35 bits per heavy atom. The van der Waals surface area contributed by atoms with E-state index in [1.165, 1.54) is 0 Å². The number of nitrogens with two attached hydrogens (primary N) is 2. The summed E-state index contributed by atoms with van der Waals surface area (Å²) >= 11 is 0. The molecule has 1 unspecified atom stereocenters. The number of amides is 3. The van der Waals surface area contributed by atoms with Crippen LogP contribution in [0.2, 0.25) is 0 Å². The maximum Gasteiger partial charge on any atom is 0.251 e. The predicted octanol–water partition coefficient (Wildman–Crippen LogP) is 0.549. The van der Waals surface area contributed by atoms with Gasteiger partial charge in [-0.15, -0.1) is 0 Å². The van der Waals surface area contributed by atoms with E-state index in [2.05, 4.69) is 10.6 Å². The molecule has 0 aromatic heterocycles. The molecule has 0 fully saturated rings. The molecule has 0 aliphatic heterocycles. The van der Waals surface area contributed by atoms with Crippen LogP contribution >= 0.6 is 0 Å². The highest BCUT2D eigenvalue weighted by Crippen LogP contribution is 2.05. The van der Waals surface area contributed by atoms with Gasteiger partial charge in [0.15, 0.2) is 0 Å². The molecule has 23 heavy (non-hydrogen) atoms. The molecule has 0 aliphatic rings. The molecule has 0 radical (unpaired) electrons. The highest BCUT2D eigenvalue weighted by molar-refractivity contribution is 5.94. The lowest BCUT2D eigenvalue weighted by Crippen LogP contribution is -2.44. The van der Waals surface area contributed by atoms with Gasteiger partial charge in [-0.1, -0.05) is 6.92 Å². The SMILES string of the molecule is CCC(=O)NC(CCCCNC(=O)c1ccc(N)cc1)C(N)=O. The number of anilines is 1. The lowest BCUT2D eigenvalue weighted by molar-refractivity contribution is -0.127. The zero-order valence-electron chi connectivity index (χ0n) is 13.3. The van der Waals surface area contributed by atoms with Crippen molar-refractivity contribution in [2.45, 2.75) is 38.6 Å². The van der Waals surface area contributed by atoms with Gasteiger partial charge >= 0.3 is 0 Å². The van der Waals surface area contributed by atoms with Crippen LogP contribution in [0.4, 0.5) is 5.69 Å². The standard InChI is InChI=1S/C16H24N4O3/c1-2-14(21)20-13(15(18)22)5-3-4-10-19-16(23)11-6-8-12(17)9-7-11/h6-9,13H,2-5,10,17H2,1H3,(H2,18,22)(H,19,23)(H,20,21). The van der Waals surface area contributed by atoms with Gasteiger partial charge in [0, 0.05) is 24.2 Å². The van der Waals surface area contributed by atoms with E-state index in [4.69, 9.17) is 11.5 Å². The number of unbranched alkanes of at least 4 members (excludes halogenated alkanes) is 1. The van der Waals surface area contributed by atoms with Crippen LogP contribution in [0, 0.1) is 0 Å². The van der Waals surface area contributed by atoms with Crippen LogP contribution in [0.3, 0.4) is 0 Å². The molecule has 126 valence electrons. The molecule has 0 saturated heterocycles. The Bertz CT molecular complexity index is 543. The van der Waals surface area contributed by atoms with Crippen LogP contribution in [0.25, 0.3) is 0 Å². The average molecular weight is 320 g/mol. The predicted molar refractivity (Wildman–Crippen MR) is 88.5 cm³/mol. The minimum atomic E-state index is -0.657. The quantitative estimate of drug-likeness (QED) is 0.391. The van der Waals surface area contributed by atoms with Crippen LogP contribution in [-0.4, -0.2) is 30.3 Å². The van der Waals surface area contributed by atoms with Gasteiger partial charge < -0.3 is 22.1 Å². The zero-order valence-corrected chi connectivity index (χ0v) is 13.3. The van der Waals surface area contributed by atoms with E-state index < -0.39 is 11.9 Å². The first kappa shape index (κ1) is 18.5. The summed E-state index contributed by atoms with van der Waals surface area (Å²) in [5, 5.41) is 5.37. The average Bonchev–Trinajstić information content (AvgIpc) is 2.53. The summed E-state index contributed by atoms with van der Waals surface area (Å²) in [7, 11) is 0. The third-order valence-electron chi connectivity index (χ3n) is 3.38. The van der Waals surface area contributed by atoms with Crippen molar-refractivity contribution in [1.29, 1.82) is 0 Å². The summed E-state index contributed by atoms with van der Waals surface area (Å²) in [5.74, 6) is -0.918. The number of carbonyl (C=O) groups is 3. The van der Waals surface area contributed by atoms with Crippen molar-refractivity contribution in [3.05, 3.63) is 29.8 Å². The summed E-state index contributed by atoms with van der Waals surface area (Å²) < 4.78 is 0. The van der Waals surface area contributed by atoms with Crippen molar-refractivity contribution < 1.29 is 14.4 Å². The number of nitrogens with one attached hydrogen (secondary N) is 2. The molecular formula is C16H24N4O3. The molecule has 1 atom stereocenters. The topological polar surface area (TPSA) is 127 Å². The van der Waals surface area contributed by atoms with Crippen LogP contribution in [0.15, 0.2) is 24.3 Å². The largest absolute Gasteiger partial charge is 0.399 e. The molecule has 6 N–H and O–H groups in total. The van der Waals surface area contributed by atoms with Crippen molar-refractivity contribution >= 4 is 23.4 Å². The van der Waals surface area contributed by atoms with Crippen molar-refractivity contribution in [3.8, 4) is 0 Å². The van der Waals surface area contributed by atoms with Gasteiger partial charge in [-0.2, -0.15) is 0 Å². The maximum atomic E-state index is 11.9. The molecule has 7 nitrogen and oxygen atoms in total. The minimum absolute atomic E-state index is 0.171. The molecule has 0 aliphatic carbocycles. The third kappa shape index (κ3) is 6.82. The monoisotopic (exact) mass is 320 g/mol. The second-order valence-corrected chi connectivity index (χ2v) is 5.25. The normalized spacial score (nSPS) is 11.5. The van der Waals surface area contributed by atoms with Crippen LogP contribution in [0.5, 0.6) is 0 Å². The minimum Gasteiger partial charge on any atom is -0.399 e. The summed E-state index contributed by atoms with van der Waals surface area (Å²) in [6.07, 6.45) is 2.12. The molecule has 1 aromatic rings. The highest BCUT2D eigenvalue weighted by atomic mass is 16.2. The molecule has 0 spiro atoms. The Kier molecular flexibility index (Phi) is 7.59. The fourth-order valence-corrected chi connectivity index (χ4v) is 1.99. The highest BCUT2D eigenvalue weighted by Gasteiger charge is 2.16. The van der Waals surface area contributed by atoms with Crippen LogP contribution in [0.1, 0.15) is 43.0 Å².